The Labute approximate surface area is 214 Å². The summed E-state index contributed by atoms with van der Waals surface area (Å²) in [5.74, 6) is -0.878. The number of rotatable bonds is 7. The SMILES string of the molecule is C=CCC1(C)CCN(Cc2cc3cc(CNC(=O)c4cc(=O)n5ccccc5n4)ccc3nc2F)CC1. The molecule has 1 saturated heterocycles. The van der Waals surface area contributed by atoms with Crippen molar-refractivity contribution >= 4 is 22.5 Å². The lowest BCUT2D eigenvalue weighted by molar-refractivity contribution is 0.0946. The van der Waals surface area contributed by atoms with Gasteiger partial charge in [0.1, 0.15) is 11.3 Å². The summed E-state index contributed by atoms with van der Waals surface area (Å²) in [7, 11) is 0. The van der Waals surface area contributed by atoms with Crippen LogP contribution >= 0.6 is 0 Å². The number of aromatic nitrogens is 3. The van der Waals surface area contributed by atoms with E-state index in [1.807, 2.05) is 24.3 Å². The number of amides is 1. The van der Waals surface area contributed by atoms with Crippen molar-refractivity contribution in [2.45, 2.75) is 39.3 Å². The van der Waals surface area contributed by atoms with Crippen LogP contribution in [0.1, 0.15) is 47.8 Å². The molecule has 1 aliphatic heterocycles. The summed E-state index contributed by atoms with van der Waals surface area (Å²) in [6.45, 7) is 8.76. The van der Waals surface area contributed by atoms with Crippen molar-refractivity contribution in [3.63, 3.8) is 0 Å². The zero-order chi connectivity index (χ0) is 26.0. The smallest absolute Gasteiger partial charge is 0.270 e. The Morgan fingerprint density at radius 2 is 1.97 bits per heavy atom. The first-order chi connectivity index (χ1) is 17.8. The molecule has 1 fully saturated rings. The Bertz CT molecular complexity index is 1540. The van der Waals surface area contributed by atoms with Crippen molar-refractivity contribution in [1.29, 1.82) is 0 Å². The number of carbonyl (C=O) groups excluding carboxylic acids is 1. The van der Waals surface area contributed by atoms with Crippen LogP contribution in [0.15, 0.2) is 72.2 Å². The number of hydrogen-bond donors (Lipinski definition) is 1. The largest absolute Gasteiger partial charge is 0.347 e. The van der Waals surface area contributed by atoms with E-state index in [2.05, 4.69) is 33.7 Å². The molecule has 0 radical (unpaired) electrons. The molecule has 0 unspecified atom stereocenters. The molecule has 37 heavy (non-hydrogen) atoms. The van der Waals surface area contributed by atoms with Crippen LogP contribution in [-0.2, 0) is 13.1 Å². The molecule has 4 aromatic rings. The molecule has 7 nitrogen and oxygen atoms in total. The summed E-state index contributed by atoms with van der Waals surface area (Å²) in [5, 5.41) is 3.64. The van der Waals surface area contributed by atoms with Gasteiger partial charge in [-0.1, -0.05) is 25.1 Å². The monoisotopic (exact) mass is 499 g/mol. The number of benzene rings is 1. The summed E-state index contributed by atoms with van der Waals surface area (Å²) in [4.78, 5) is 35.7. The first-order valence-electron chi connectivity index (χ1n) is 12.5. The van der Waals surface area contributed by atoms with Gasteiger partial charge in [0.2, 0.25) is 5.95 Å². The maximum Gasteiger partial charge on any atom is 0.270 e. The van der Waals surface area contributed by atoms with E-state index < -0.39 is 11.9 Å². The average Bonchev–Trinajstić information content (AvgIpc) is 2.89. The third-order valence-corrected chi connectivity index (χ3v) is 7.26. The number of halogens is 1. The van der Waals surface area contributed by atoms with Crippen LogP contribution in [0.5, 0.6) is 0 Å². The van der Waals surface area contributed by atoms with Gasteiger partial charge in [-0.15, -0.1) is 6.58 Å². The fourth-order valence-electron chi connectivity index (χ4n) is 4.95. The van der Waals surface area contributed by atoms with Gasteiger partial charge in [-0.25, -0.2) is 9.97 Å². The Morgan fingerprint density at radius 1 is 1.16 bits per heavy atom. The van der Waals surface area contributed by atoms with Gasteiger partial charge >= 0.3 is 0 Å². The minimum atomic E-state index is -0.443. The number of pyridine rings is 2. The zero-order valence-corrected chi connectivity index (χ0v) is 20.9. The molecule has 190 valence electrons. The maximum absolute atomic E-state index is 14.8. The number of carbonyl (C=O) groups is 1. The van der Waals surface area contributed by atoms with Crippen LogP contribution in [0.2, 0.25) is 0 Å². The lowest BCUT2D eigenvalue weighted by atomic mass is 9.77. The van der Waals surface area contributed by atoms with Crippen LogP contribution in [0, 0.1) is 11.4 Å². The van der Waals surface area contributed by atoms with Crippen molar-refractivity contribution in [2.75, 3.05) is 13.1 Å². The minimum absolute atomic E-state index is 0.0636. The summed E-state index contributed by atoms with van der Waals surface area (Å²) >= 11 is 0. The first kappa shape index (κ1) is 24.8. The summed E-state index contributed by atoms with van der Waals surface area (Å²) in [6.07, 6.45) is 6.72. The van der Waals surface area contributed by atoms with Crippen molar-refractivity contribution in [3.05, 3.63) is 101 Å². The Kier molecular flexibility index (Phi) is 6.84. The van der Waals surface area contributed by atoms with Crippen LogP contribution in [-0.4, -0.2) is 38.3 Å². The molecule has 1 amide bonds. The Balaban J connectivity index is 1.28. The molecule has 1 aliphatic rings. The number of allylic oxidation sites excluding steroid dienone is 1. The average molecular weight is 500 g/mol. The van der Waals surface area contributed by atoms with Gasteiger partial charge < -0.3 is 5.32 Å². The standard InChI is InChI=1S/C29H30FN5O2/c1-3-9-29(2)10-13-34(14-11-29)19-22-16-21-15-20(7-8-23(21)33-27(22)30)18-31-28(37)24-17-26(36)35-12-5-4-6-25(35)32-24/h3-8,12,15-17H,1,9-11,13-14,18-19H2,2H3,(H,31,37). The summed E-state index contributed by atoms with van der Waals surface area (Å²) < 4.78 is 16.2. The van der Waals surface area contributed by atoms with E-state index in [4.69, 9.17) is 0 Å². The molecule has 0 aliphatic carbocycles. The predicted molar refractivity (Wildman–Crippen MR) is 142 cm³/mol. The third-order valence-electron chi connectivity index (χ3n) is 7.26. The number of piperidine rings is 1. The molecular formula is C29H30FN5O2. The molecule has 0 saturated carbocycles. The minimum Gasteiger partial charge on any atom is -0.347 e. The van der Waals surface area contributed by atoms with Crippen LogP contribution in [0.4, 0.5) is 4.39 Å². The second-order valence-corrected chi connectivity index (χ2v) is 10.1. The summed E-state index contributed by atoms with van der Waals surface area (Å²) in [6, 6.07) is 13.7. The molecule has 0 spiro atoms. The fraction of sp³-hybridized carbons (Fsp3) is 0.310. The van der Waals surface area contributed by atoms with Crippen molar-refractivity contribution in [2.24, 2.45) is 5.41 Å². The van der Waals surface area contributed by atoms with E-state index >= 15 is 0 Å². The molecule has 1 aromatic carbocycles. The van der Waals surface area contributed by atoms with Crippen LogP contribution in [0.3, 0.4) is 0 Å². The van der Waals surface area contributed by atoms with E-state index in [0.717, 1.165) is 43.3 Å². The third kappa shape index (κ3) is 5.44. The van der Waals surface area contributed by atoms with Gasteiger partial charge in [-0.2, -0.15) is 4.39 Å². The maximum atomic E-state index is 14.8. The van der Waals surface area contributed by atoms with Crippen molar-refractivity contribution in [1.82, 2.24) is 24.6 Å². The Morgan fingerprint density at radius 3 is 2.76 bits per heavy atom. The summed E-state index contributed by atoms with van der Waals surface area (Å²) in [5.41, 5.74) is 2.41. The number of nitrogens with zero attached hydrogens (tertiary/aromatic N) is 4. The van der Waals surface area contributed by atoms with Gasteiger partial charge in [0, 0.05) is 36.3 Å². The van der Waals surface area contributed by atoms with Crippen LogP contribution < -0.4 is 10.9 Å². The van der Waals surface area contributed by atoms with Crippen molar-refractivity contribution < 1.29 is 9.18 Å². The van der Waals surface area contributed by atoms with E-state index in [9.17, 15) is 14.0 Å². The number of nitrogens with one attached hydrogen (secondary N) is 1. The van der Waals surface area contributed by atoms with Gasteiger partial charge in [0.15, 0.2) is 0 Å². The molecule has 0 atom stereocenters. The second kappa shape index (κ2) is 10.2. The van der Waals surface area contributed by atoms with E-state index in [-0.39, 0.29) is 23.2 Å². The molecule has 1 N–H and O–H groups in total. The second-order valence-electron chi connectivity index (χ2n) is 10.1. The molecule has 5 rings (SSSR count). The van der Waals surface area contributed by atoms with Gasteiger partial charge in [0.25, 0.3) is 11.5 Å². The van der Waals surface area contributed by atoms with Crippen molar-refractivity contribution in [3.8, 4) is 0 Å². The zero-order valence-electron chi connectivity index (χ0n) is 20.9. The number of hydrogen-bond acceptors (Lipinski definition) is 5. The number of likely N-dealkylation sites (tertiary alicyclic amines) is 1. The quantitative estimate of drug-likeness (QED) is 0.299. The molecule has 0 bridgehead atoms. The normalized spacial score (nSPS) is 15.6. The molecular weight excluding hydrogens is 469 g/mol. The fourth-order valence-corrected chi connectivity index (χ4v) is 4.95. The lowest BCUT2D eigenvalue weighted by Gasteiger charge is -2.39. The predicted octanol–water partition coefficient (Wildman–Crippen LogP) is 4.49. The highest BCUT2D eigenvalue weighted by molar-refractivity contribution is 5.92. The highest BCUT2D eigenvalue weighted by Gasteiger charge is 2.29. The number of fused-ring (bicyclic) bond motifs is 2. The van der Waals surface area contributed by atoms with E-state index in [0.29, 0.717) is 23.3 Å². The molecule has 8 heteroatoms. The lowest BCUT2D eigenvalue weighted by Crippen LogP contribution is -2.38. The molecule has 4 heterocycles. The Hall–Kier alpha value is -3.91. The first-order valence-corrected chi connectivity index (χ1v) is 12.5. The van der Waals surface area contributed by atoms with Gasteiger partial charge in [0.05, 0.1) is 5.52 Å². The topological polar surface area (TPSA) is 79.6 Å². The van der Waals surface area contributed by atoms with Crippen LogP contribution in [0.25, 0.3) is 16.6 Å². The van der Waals surface area contributed by atoms with Gasteiger partial charge in [-0.05, 0) is 73.7 Å². The van der Waals surface area contributed by atoms with E-state index in [1.165, 1.54) is 10.5 Å². The van der Waals surface area contributed by atoms with E-state index in [1.54, 1.807) is 30.5 Å². The highest BCUT2D eigenvalue weighted by Crippen LogP contribution is 2.35. The highest BCUT2D eigenvalue weighted by atomic mass is 19.1. The van der Waals surface area contributed by atoms with Gasteiger partial charge in [-0.3, -0.25) is 18.9 Å². The molecule has 3 aromatic heterocycles.